The number of hydrogen-bond donors (Lipinski definition) is 2. The molecule has 3 heteroatoms. The van der Waals surface area contributed by atoms with Gasteiger partial charge in [0.1, 0.15) is 0 Å². The van der Waals surface area contributed by atoms with Gasteiger partial charge in [0, 0.05) is 0 Å². The summed E-state index contributed by atoms with van der Waals surface area (Å²) in [4.78, 5) is 11.0. The molecule has 3 unspecified atom stereocenters. The van der Waals surface area contributed by atoms with Crippen LogP contribution in [0.4, 0.5) is 0 Å². The molecule has 3 aliphatic carbocycles. The summed E-state index contributed by atoms with van der Waals surface area (Å²) in [5.74, 6) is 0.187. The third-order valence-electron chi connectivity index (χ3n) is 6.83. The molecular weight excluding hydrogens is 264 g/mol. The first-order valence-electron chi connectivity index (χ1n) is 7.85. The Bertz CT molecular complexity index is 618. The zero-order valence-electron chi connectivity index (χ0n) is 12.6. The molecular formula is C18H22O3. The number of aromatic carboxylic acids is 1. The molecule has 112 valence electrons. The summed E-state index contributed by atoms with van der Waals surface area (Å²) >= 11 is 0. The molecule has 1 aromatic rings. The summed E-state index contributed by atoms with van der Waals surface area (Å²) in [6, 6.07) is 6.82. The second-order valence-electron chi connectivity index (χ2n) is 8.09. The fourth-order valence-corrected chi connectivity index (χ4v) is 5.89. The van der Waals surface area contributed by atoms with Gasteiger partial charge in [-0.1, -0.05) is 26.0 Å². The highest BCUT2D eigenvalue weighted by atomic mass is 16.4. The van der Waals surface area contributed by atoms with E-state index in [2.05, 4.69) is 13.8 Å². The maximum absolute atomic E-state index is 11.2. The normalized spacial score (nSPS) is 42.4. The Morgan fingerprint density at radius 3 is 2.43 bits per heavy atom. The Balaban J connectivity index is 1.67. The second-order valence-corrected chi connectivity index (χ2v) is 8.09. The average Bonchev–Trinajstić information content (AvgIpc) is 2.86. The van der Waals surface area contributed by atoms with Gasteiger partial charge in [-0.3, -0.25) is 0 Å². The van der Waals surface area contributed by atoms with Crippen LogP contribution < -0.4 is 0 Å². The topological polar surface area (TPSA) is 57.5 Å². The summed E-state index contributed by atoms with van der Waals surface area (Å²) in [6.07, 6.45) is 4.51. The zero-order chi connectivity index (χ0) is 15.0. The molecule has 3 aliphatic rings. The lowest BCUT2D eigenvalue weighted by Gasteiger charge is -2.64. The molecule has 0 aliphatic heterocycles. The Labute approximate surface area is 125 Å². The van der Waals surface area contributed by atoms with Crippen LogP contribution in [-0.2, 0) is 5.60 Å². The van der Waals surface area contributed by atoms with E-state index in [4.69, 9.17) is 5.11 Å². The number of benzene rings is 1. The molecule has 2 bridgehead atoms. The van der Waals surface area contributed by atoms with Crippen molar-refractivity contribution in [2.45, 2.75) is 45.1 Å². The first kappa shape index (κ1) is 13.3. The molecule has 0 saturated heterocycles. The fourth-order valence-electron chi connectivity index (χ4n) is 5.89. The van der Waals surface area contributed by atoms with Gasteiger partial charge in [-0.05, 0) is 66.0 Å². The van der Waals surface area contributed by atoms with Gasteiger partial charge in [-0.25, -0.2) is 4.79 Å². The molecule has 0 amide bonds. The van der Waals surface area contributed by atoms with Gasteiger partial charge >= 0.3 is 5.97 Å². The number of carboxylic acid groups (broad SMARTS) is 1. The van der Waals surface area contributed by atoms with Crippen LogP contribution >= 0.6 is 0 Å². The van der Waals surface area contributed by atoms with E-state index >= 15 is 0 Å². The van der Waals surface area contributed by atoms with E-state index in [1.807, 2.05) is 0 Å². The predicted octanol–water partition coefficient (Wildman–Crippen LogP) is 3.42. The molecule has 1 aromatic carbocycles. The molecule has 4 rings (SSSR count). The lowest BCUT2D eigenvalue weighted by Crippen LogP contribution is -2.62. The Hall–Kier alpha value is -1.35. The van der Waals surface area contributed by atoms with E-state index in [9.17, 15) is 9.90 Å². The maximum atomic E-state index is 11.2. The minimum absolute atomic E-state index is 0.282. The van der Waals surface area contributed by atoms with Crippen molar-refractivity contribution < 1.29 is 15.0 Å². The van der Waals surface area contributed by atoms with Crippen LogP contribution in [0.5, 0.6) is 0 Å². The second kappa shape index (κ2) is 3.70. The summed E-state index contributed by atoms with van der Waals surface area (Å²) in [5, 5.41) is 20.2. The molecule has 0 radical (unpaired) electrons. The maximum Gasteiger partial charge on any atom is 0.335 e. The molecule has 3 fully saturated rings. The fraction of sp³-hybridized carbons (Fsp3) is 0.611. The standard InChI is InChI=1S/C18H22O3/c1-16(2)8-11-7-14-17(16,9-11)10-18(14,21)13-5-3-12(4-6-13)15(19)20/h3-6,11,14,21H,7-10H2,1-2H3,(H,19,20)/t11?,14?,17?,18-/m1/s1. The van der Waals surface area contributed by atoms with Gasteiger partial charge in [0.15, 0.2) is 0 Å². The van der Waals surface area contributed by atoms with Gasteiger partial charge in [-0.15, -0.1) is 0 Å². The van der Waals surface area contributed by atoms with Crippen LogP contribution in [0.25, 0.3) is 0 Å². The van der Waals surface area contributed by atoms with Crippen molar-refractivity contribution in [1.82, 2.24) is 0 Å². The highest BCUT2D eigenvalue weighted by molar-refractivity contribution is 5.87. The van der Waals surface area contributed by atoms with Crippen molar-refractivity contribution in [3.05, 3.63) is 35.4 Å². The van der Waals surface area contributed by atoms with Crippen LogP contribution in [0.2, 0.25) is 0 Å². The van der Waals surface area contributed by atoms with E-state index in [0.717, 1.165) is 24.3 Å². The lowest BCUT2D eigenvalue weighted by atomic mass is 9.42. The van der Waals surface area contributed by atoms with Crippen molar-refractivity contribution in [2.75, 3.05) is 0 Å². The first-order chi connectivity index (χ1) is 9.78. The molecule has 21 heavy (non-hydrogen) atoms. The quantitative estimate of drug-likeness (QED) is 0.876. The van der Waals surface area contributed by atoms with Crippen LogP contribution in [0.3, 0.4) is 0 Å². The lowest BCUT2D eigenvalue weighted by molar-refractivity contribution is -0.232. The van der Waals surface area contributed by atoms with E-state index in [1.54, 1.807) is 24.3 Å². The Kier molecular flexibility index (Phi) is 2.34. The number of rotatable bonds is 2. The zero-order valence-corrected chi connectivity index (χ0v) is 12.6. The van der Waals surface area contributed by atoms with E-state index < -0.39 is 11.6 Å². The third-order valence-corrected chi connectivity index (χ3v) is 6.83. The highest BCUT2D eigenvalue weighted by Crippen LogP contribution is 2.79. The molecule has 0 aromatic heterocycles. The Morgan fingerprint density at radius 1 is 1.19 bits per heavy atom. The average molecular weight is 286 g/mol. The smallest absolute Gasteiger partial charge is 0.335 e. The van der Waals surface area contributed by atoms with E-state index in [-0.39, 0.29) is 5.56 Å². The summed E-state index contributed by atoms with van der Waals surface area (Å²) in [5.41, 5.74) is 1.06. The summed E-state index contributed by atoms with van der Waals surface area (Å²) < 4.78 is 0. The minimum Gasteiger partial charge on any atom is -0.478 e. The van der Waals surface area contributed by atoms with Crippen molar-refractivity contribution >= 4 is 5.97 Å². The minimum atomic E-state index is -0.917. The predicted molar refractivity (Wildman–Crippen MR) is 79.0 cm³/mol. The first-order valence-corrected chi connectivity index (χ1v) is 7.85. The SMILES string of the molecule is CC1(C)CC2CC3C1(C2)C[C@@]3(O)c1ccc(C(=O)O)cc1. The van der Waals surface area contributed by atoms with Crippen molar-refractivity contribution in [2.24, 2.45) is 22.7 Å². The molecule has 1 spiro atoms. The molecule has 0 heterocycles. The van der Waals surface area contributed by atoms with Crippen molar-refractivity contribution in [1.29, 1.82) is 0 Å². The molecule has 4 atom stereocenters. The summed E-state index contributed by atoms with van der Waals surface area (Å²) in [7, 11) is 0. The van der Waals surface area contributed by atoms with Gasteiger partial charge in [-0.2, -0.15) is 0 Å². The van der Waals surface area contributed by atoms with Crippen LogP contribution in [0.15, 0.2) is 24.3 Å². The Morgan fingerprint density at radius 2 is 1.86 bits per heavy atom. The number of aliphatic hydroxyl groups is 1. The number of carboxylic acids is 1. The summed E-state index contributed by atoms with van der Waals surface area (Å²) in [6.45, 7) is 4.71. The van der Waals surface area contributed by atoms with Crippen molar-refractivity contribution in [3.8, 4) is 0 Å². The van der Waals surface area contributed by atoms with Crippen molar-refractivity contribution in [3.63, 3.8) is 0 Å². The van der Waals surface area contributed by atoms with Gasteiger partial charge < -0.3 is 10.2 Å². The van der Waals surface area contributed by atoms with Crippen LogP contribution in [-0.4, -0.2) is 16.2 Å². The number of fused-ring (bicyclic) bond motifs is 1. The van der Waals surface area contributed by atoms with Crippen LogP contribution in [0.1, 0.15) is 55.5 Å². The third kappa shape index (κ3) is 1.45. The van der Waals surface area contributed by atoms with Gasteiger partial charge in [0.05, 0.1) is 11.2 Å². The van der Waals surface area contributed by atoms with Gasteiger partial charge in [0.25, 0.3) is 0 Å². The number of carbonyl (C=O) groups is 1. The highest BCUT2D eigenvalue weighted by Gasteiger charge is 2.74. The number of hydrogen-bond acceptors (Lipinski definition) is 2. The molecule has 2 N–H and O–H groups in total. The monoisotopic (exact) mass is 286 g/mol. The molecule has 3 saturated carbocycles. The van der Waals surface area contributed by atoms with E-state index in [0.29, 0.717) is 16.7 Å². The van der Waals surface area contributed by atoms with Gasteiger partial charge in [0.2, 0.25) is 0 Å². The molecule has 3 nitrogen and oxygen atoms in total. The van der Waals surface area contributed by atoms with E-state index in [1.165, 1.54) is 12.8 Å². The van der Waals surface area contributed by atoms with Crippen LogP contribution in [0, 0.1) is 22.7 Å². The largest absolute Gasteiger partial charge is 0.478 e.